The van der Waals surface area contributed by atoms with E-state index in [1.54, 1.807) is 24.1 Å². The van der Waals surface area contributed by atoms with Gasteiger partial charge >= 0.3 is 6.03 Å². The molecule has 1 aromatic carbocycles. The number of methoxy groups -OCH3 is 1. The fourth-order valence-electron chi connectivity index (χ4n) is 2.64. The summed E-state index contributed by atoms with van der Waals surface area (Å²) in [5.41, 5.74) is 2.94. The summed E-state index contributed by atoms with van der Waals surface area (Å²) in [6.07, 6.45) is 1.02. The smallest absolute Gasteiger partial charge is 0.320 e. The molecule has 7 heteroatoms. The zero-order valence-electron chi connectivity index (χ0n) is 15.1. The fraction of sp³-hybridized carbons (Fsp3) is 0.444. The lowest BCUT2D eigenvalue weighted by atomic mass is 10.0. The molecule has 0 saturated carbocycles. The second-order valence-corrected chi connectivity index (χ2v) is 6.26. The molecule has 0 aliphatic heterocycles. The van der Waals surface area contributed by atoms with Crippen molar-refractivity contribution in [3.8, 4) is 0 Å². The molecule has 0 aliphatic rings. The lowest BCUT2D eigenvalue weighted by molar-refractivity contribution is 0.157. The monoisotopic (exact) mass is 346 g/mol. The van der Waals surface area contributed by atoms with Crippen LogP contribution >= 0.6 is 0 Å². The van der Waals surface area contributed by atoms with Crippen molar-refractivity contribution in [3.05, 3.63) is 47.2 Å². The highest BCUT2D eigenvalue weighted by atomic mass is 16.5. The van der Waals surface area contributed by atoms with E-state index in [4.69, 9.17) is 4.74 Å². The van der Waals surface area contributed by atoms with E-state index < -0.39 is 12.1 Å². The van der Waals surface area contributed by atoms with Gasteiger partial charge in [0.1, 0.15) is 0 Å². The number of aryl methyl sites for hydroxylation is 2. The average molecular weight is 346 g/mol. The number of carbonyl (C=O) groups is 1. The molecule has 0 aliphatic carbocycles. The van der Waals surface area contributed by atoms with E-state index in [9.17, 15) is 9.90 Å². The van der Waals surface area contributed by atoms with Gasteiger partial charge in [-0.3, -0.25) is 10.00 Å². The number of aromatic nitrogens is 2. The molecule has 0 radical (unpaired) electrons. The number of benzene rings is 1. The number of amides is 2. The van der Waals surface area contributed by atoms with E-state index in [-0.39, 0.29) is 12.6 Å². The Labute approximate surface area is 148 Å². The minimum Gasteiger partial charge on any atom is -0.387 e. The van der Waals surface area contributed by atoms with Gasteiger partial charge in [0, 0.05) is 25.9 Å². The van der Waals surface area contributed by atoms with E-state index in [1.165, 1.54) is 0 Å². The molecule has 0 bridgehead atoms. The van der Waals surface area contributed by atoms with Gasteiger partial charge in [-0.25, -0.2) is 4.79 Å². The number of nitrogens with zero attached hydrogens (tertiary/aromatic N) is 2. The van der Waals surface area contributed by atoms with Crippen molar-refractivity contribution in [3.63, 3.8) is 0 Å². The summed E-state index contributed by atoms with van der Waals surface area (Å²) in [5.74, 6) is 0.446. The van der Waals surface area contributed by atoms with E-state index in [1.807, 2.05) is 39.0 Å². The number of hydrogen-bond acceptors (Lipinski definition) is 4. The van der Waals surface area contributed by atoms with Gasteiger partial charge in [-0.2, -0.15) is 5.10 Å². The highest BCUT2D eigenvalue weighted by molar-refractivity contribution is 5.88. The SMILES string of the molecule is COC[C@H](C)n1ccc(NC(=O)NC[C@H](O)c2cc(C)cc(C)c2)n1. The predicted molar refractivity (Wildman–Crippen MR) is 96.7 cm³/mol. The Balaban J connectivity index is 1.86. The molecule has 2 rings (SSSR count). The van der Waals surface area contributed by atoms with Crippen LogP contribution in [0.2, 0.25) is 0 Å². The summed E-state index contributed by atoms with van der Waals surface area (Å²) in [6.45, 7) is 6.58. The number of rotatable bonds is 7. The molecule has 7 nitrogen and oxygen atoms in total. The maximum atomic E-state index is 12.0. The first-order valence-electron chi connectivity index (χ1n) is 8.24. The van der Waals surface area contributed by atoms with Crippen LogP contribution in [0.25, 0.3) is 0 Å². The van der Waals surface area contributed by atoms with Crippen LogP contribution < -0.4 is 10.6 Å². The Bertz CT molecular complexity index is 694. The summed E-state index contributed by atoms with van der Waals surface area (Å²) in [5, 5.41) is 19.8. The third-order valence-electron chi connectivity index (χ3n) is 3.79. The van der Waals surface area contributed by atoms with E-state index in [0.29, 0.717) is 12.4 Å². The van der Waals surface area contributed by atoms with Crippen LogP contribution in [-0.2, 0) is 4.74 Å². The number of urea groups is 1. The van der Waals surface area contributed by atoms with Gasteiger partial charge in [0.15, 0.2) is 5.82 Å². The van der Waals surface area contributed by atoms with Crippen LogP contribution in [-0.4, -0.2) is 41.2 Å². The lowest BCUT2D eigenvalue weighted by Gasteiger charge is -2.14. The van der Waals surface area contributed by atoms with Crippen molar-refractivity contribution in [2.75, 3.05) is 25.6 Å². The van der Waals surface area contributed by atoms with Gasteiger partial charge in [0.25, 0.3) is 0 Å². The second kappa shape index (κ2) is 8.64. The van der Waals surface area contributed by atoms with Gasteiger partial charge < -0.3 is 15.2 Å². The van der Waals surface area contributed by atoms with Crippen molar-refractivity contribution in [2.24, 2.45) is 0 Å². The van der Waals surface area contributed by atoms with Crippen molar-refractivity contribution in [1.29, 1.82) is 0 Å². The summed E-state index contributed by atoms with van der Waals surface area (Å²) in [4.78, 5) is 12.0. The van der Waals surface area contributed by atoms with Crippen molar-refractivity contribution < 1.29 is 14.6 Å². The maximum Gasteiger partial charge on any atom is 0.320 e. The molecule has 2 amide bonds. The Morgan fingerprint density at radius 2 is 2.00 bits per heavy atom. The summed E-state index contributed by atoms with van der Waals surface area (Å²) >= 11 is 0. The van der Waals surface area contributed by atoms with Gasteiger partial charge in [0.2, 0.25) is 0 Å². The van der Waals surface area contributed by atoms with Crippen molar-refractivity contribution >= 4 is 11.8 Å². The molecule has 136 valence electrons. The zero-order chi connectivity index (χ0) is 18.4. The molecule has 2 atom stereocenters. The van der Waals surface area contributed by atoms with Crippen LogP contribution in [0.4, 0.5) is 10.6 Å². The number of aliphatic hydroxyl groups is 1. The number of nitrogens with one attached hydrogen (secondary N) is 2. The fourth-order valence-corrected chi connectivity index (χ4v) is 2.64. The van der Waals surface area contributed by atoms with Crippen LogP contribution in [0.1, 0.15) is 35.8 Å². The maximum absolute atomic E-state index is 12.0. The Morgan fingerprint density at radius 1 is 1.32 bits per heavy atom. The summed E-state index contributed by atoms with van der Waals surface area (Å²) < 4.78 is 6.81. The molecule has 0 saturated heterocycles. The van der Waals surface area contributed by atoms with Gasteiger partial charge in [-0.15, -0.1) is 0 Å². The molecule has 3 N–H and O–H groups in total. The molecular formula is C18H26N4O3. The van der Waals surface area contributed by atoms with E-state index in [2.05, 4.69) is 15.7 Å². The number of carbonyl (C=O) groups excluding carboxylic acids is 1. The third kappa shape index (κ3) is 5.58. The van der Waals surface area contributed by atoms with Crippen LogP contribution in [0.15, 0.2) is 30.5 Å². The van der Waals surface area contributed by atoms with Crippen LogP contribution in [0.3, 0.4) is 0 Å². The number of hydrogen-bond donors (Lipinski definition) is 3. The first-order chi connectivity index (χ1) is 11.9. The van der Waals surface area contributed by atoms with Gasteiger partial charge in [-0.05, 0) is 26.3 Å². The summed E-state index contributed by atoms with van der Waals surface area (Å²) in [7, 11) is 1.63. The van der Waals surface area contributed by atoms with E-state index in [0.717, 1.165) is 16.7 Å². The number of anilines is 1. The number of ether oxygens (including phenoxy) is 1. The molecule has 1 aromatic heterocycles. The normalized spacial score (nSPS) is 13.3. The molecule has 25 heavy (non-hydrogen) atoms. The van der Waals surface area contributed by atoms with Crippen LogP contribution in [0.5, 0.6) is 0 Å². The summed E-state index contributed by atoms with van der Waals surface area (Å²) in [6, 6.07) is 7.25. The second-order valence-electron chi connectivity index (χ2n) is 6.26. The Morgan fingerprint density at radius 3 is 2.64 bits per heavy atom. The molecule has 0 spiro atoms. The largest absolute Gasteiger partial charge is 0.387 e. The standard InChI is InChI=1S/C18H26N4O3/c1-12-7-13(2)9-15(8-12)16(23)10-19-18(24)20-17-5-6-22(21-17)14(3)11-25-4/h5-9,14,16,23H,10-11H2,1-4H3,(H2,19,20,21,24)/t14-,16-/m0/s1. The topological polar surface area (TPSA) is 88.4 Å². The minimum atomic E-state index is -0.761. The molecular weight excluding hydrogens is 320 g/mol. The zero-order valence-corrected chi connectivity index (χ0v) is 15.1. The van der Waals surface area contributed by atoms with Gasteiger partial charge in [-0.1, -0.05) is 29.3 Å². The highest BCUT2D eigenvalue weighted by Gasteiger charge is 2.12. The average Bonchev–Trinajstić information content (AvgIpc) is 3.00. The predicted octanol–water partition coefficient (Wildman–Crippen LogP) is 2.56. The van der Waals surface area contributed by atoms with Crippen LogP contribution in [0, 0.1) is 13.8 Å². The number of aliphatic hydroxyl groups excluding tert-OH is 1. The quantitative estimate of drug-likeness (QED) is 0.719. The van der Waals surface area contributed by atoms with Crippen molar-refractivity contribution in [1.82, 2.24) is 15.1 Å². The minimum absolute atomic E-state index is 0.0787. The molecule has 0 fully saturated rings. The lowest BCUT2D eigenvalue weighted by Crippen LogP contribution is -2.32. The van der Waals surface area contributed by atoms with E-state index >= 15 is 0 Å². The highest BCUT2D eigenvalue weighted by Crippen LogP contribution is 2.16. The van der Waals surface area contributed by atoms with Gasteiger partial charge in [0.05, 0.1) is 18.8 Å². The third-order valence-corrected chi connectivity index (χ3v) is 3.79. The first-order valence-corrected chi connectivity index (χ1v) is 8.24. The molecule has 0 unspecified atom stereocenters. The molecule has 2 aromatic rings. The van der Waals surface area contributed by atoms with Crippen molar-refractivity contribution in [2.45, 2.75) is 32.9 Å². The molecule has 1 heterocycles. The Hall–Kier alpha value is -2.38. The Kier molecular flexibility index (Phi) is 6.55. The first kappa shape index (κ1) is 19.0.